The van der Waals surface area contributed by atoms with Crippen molar-refractivity contribution in [1.29, 1.82) is 0 Å². The molecule has 0 radical (unpaired) electrons. The van der Waals surface area contributed by atoms with Gasteiger partial charge in [-0.1, -0.05) is 59.7 Å². The third kappa shape index (κ3) is 8.37. The lowest BCUT2D eigenvalue weighted by atomic mass is 9.79. The van der Waals surface area contributed by atoms with Gasteiger partial charge in [-0.25, -0.2) is 0 Å². The number of carbonyl (C=O) groups is 2. The van der Waals surface area contributed by atoms with Crippen LogP contribution >= 0.6 is 12.4 Å². The molecule has 34 heavy (non-hydrogen) atoms. The molecule has 0 aliphatic heterocycles. The molecule has 0 heterocycles. The molecule has 2 rings (SSSR count). The van der Waals surface area contributed by atoms with Gasteiger partial charge in [-0.15, -0.1) is 12.4 Å². The monoisotopic (exact) mass is 487 g/mol. The Morgan fingerprint density at radius 2 is 1.44 bits per heavy atom. The van der Waals surface area contributed by atoms with Gasteiger partial charge < -0.3 is 22.1 Å². The number of nitrogens with two attached hydrogens (primary N) is 2. The minimum absolute atomic E-state index is 0. The van der Waals surface area contributed by atoms with E-state index in [2.05, 4.69) is 63.2 Å². The third-order valence-corrected chi connectivity index (χ3v) is 5.26. The van der Waals surface area contributed by atoms with Gasteiger partial charge >= 0.3 is 0 Å². The number of aliphatic imine (C=N–C) groups is 1. The Labute approximate surface area is 209 Å². The van der Waals surface area contributed by atoms with Gasteiger partial charge in [0.2, 0.25) is 0 Å². The SMILES string of the molecule is CC(C)(C)c1cc(C(=O)Nc2ccccc2C(=O)NCCCN=C(N)N)cc(C(C)(C)C)c1.Cl. The van der Waals surface area contributed by atoms with Crippen LogP contribution in [0, 0.1) is 0 Å². The molecule has 0 saturated carbocycles. The zero-order valence-electron chi connectivity index (χ0n) is 21.0. The topological polar surface area (TPSA) is 123 Å². The van der Waals surface area contributed by atoms with E-state index >= 15 is 0 Å². The van der Waals surface area contributed by atoms with E-state index in [-0.39, 0.29) is 41.0 Å². The Kier molecular flexibility index (Phi) is 10.1. The van der Waals surface area contributed by atoms with Gasteiger partial charge in [0.05, 0.1) is 11.3 Å². The number of rotatable bonds is 7. The van der Waals surface area contributed by atoms with Gasteiger partial charge in [-0.05, 0) is 52.6 Å². The molecule has 0 aliphatic rings. The molecule has 0 saturated heterocycles. The maximum Gasteiger partial charge on any atom is 0.255 e. The number of hydrogen-bond donors (Lipinski definition) is 4. The van der Waals surface area contributed by atoms with E-state index in [1.807, 2.05) is 12.1 Å². The van der Waals surface area contributed by atoms with E-state index < -0.39 is 0 Å². The van der Waals surface area contributed by atoms with E-state index in [1.165, 1.54) is 0 Å². The van der Waals surface area contributed by atoms with Crippen molar-refractivity contribution in [3.05, 3.63) is 64.7 Å². The molecular weight excluding hydrogens is 450 g/mol. The standard InChI is InChI=1S/C26H37N5O2.ClH/c1-25(2,3)18-14-17(15-19(16-18)26(4,5)6)22(32)31-21-11-8-7-10-20(21)23(33)29-12-9-13-30-24(27)28;/h7-8,10-11,14-16H,9,12-13H2,1-6H3,(H,29,33)(H,31,32)(H4,27,28,30);1H. The number of guanidine groups is 1. The highest BCUT2D eigenvalue weighted by Gasteiger charge is 2.23. The van der Waals surface area contributed by atoms with Crippen molar-refractivity contribution in [2.45, 2.75) is 58.8 Å². The molecule has 2 amide bonds. The second-order valence-corrected chi connectivity index (χ2v) is 10.2. The van der Waals surface area contributed by atoms with Crippen LogP contribution in [0.15, 0.2) is 47.5 Å². The summed E-state index contributed by atoms with van der Waals surface area (Å²) >= 11 is 0. The summed E-state index contributed by atoms with van der Waals surface area (Å²) in [6, 6.07) is 13.0. The summed E-state index contributed by atoms with van der Waals surface area (Å²) in [7, 11) is 0. The van der Waals surface area contributed by atoms with E-state index in [0.717, 1.165) is 11.1 Å². The molecule has 0 bridgehead atoms. The Morgan fingerprint density at radius 3 is 1.97 bits per heavy atom. The van der Waals surface area contributed by atoms with E-state index in [4.69, 9.17) is 11.5 Å². The fourth-order valence-corrected chi connectivity index (χ4v) is 3.19. The minimum Gasteiger partial charge on any atom is -0.370 e. The normalized spacial score (nSPS) is 11.2. The van der Waals surface area contributed by atoms with Crippen molar-refractivity contribution in [2.24, 2.45) is 16.5 Å². The smallest absolute Gasteiger partial charge is 0.255 e. The molecule has 0 aliphatic carbocycles. The highest BCUT2D eigenvalue weighted by molar-refractivity contribution is 6.09. The maximum absolute atomic E-state index is 13.2. The molecule has 0 aromatic heterocycles. The van der Waals surface area contributed by atoms with Crippen molar-refractivity contribution in [3.8, 4) is 0 Å². The number of hydrogen-bond acceptors (Lipinski definition) is 3. The van der Waals surface area contributed by atoms with Crippen LogP contribution in [0.25, 0.3) is 0 Å². The van der Waals surface area contributed by atoms with Crippen LogP contribution in [-0.2, 0) is 10.8 Å². The number of halogens is 1. The molecule has 186 valence electrons. The molecule has 0 fully saturated rings. The minimum atomic E-state index is -0.269. The Balaban J connectivity index is 0.00000578. The van der Waals surface area contributed by atoms with Crippen LogP contribution in [0.3, 0.4) is 0 Å². The van der Waals surface area contributed by atoms with E-state index in [1.54, 1.807) is 24.3 Å². The first-order valence-electron chi connectivity index (χ1n) is 11.2. The number of anilines is 1. The predicted octanol–water partition coefficient (Wildman–Crippen LogP) is 4.35. The number of nitrogens with one attached hydrogen (secondary N) is 2. The Bertz CT molecular complexity index is 1000. The van der Waals surface area contributed by atoms with Crippen LogP contribution in [0.4, 0.5) is 5.69 Å². The van der Waals surface area contributed by atoms with Crippen LogP contribution in [-0.4, -0.2) is 30.9 Å². The summed E-state index contributed by atoms with van der Waals surface area (Å²) in [5.41, 5.74) is 14.0. The number of carbonyl (C=O) groups excluding carboxylic acids is 2. The van der Waals surface area contributed by atoms with E-state index in [9.17, 15) is 9.59 Å². The highest BCUT2D eigenvalue weighted by atomic mass is 35.5. The first-order chi connectivity index (χ1) is 15.3. The number of benzene rings is 2. The number of amides is 2. The second-order valence-electron chi connectivity index (χ2n) is 10.2. The summed E-state index contributed by atoms with van der Waals surface area (Å²) in [5, 5.41) is 5.77. The summed E-state index contributed by atoms with van der Waals surface area (Å²) in [4.78, 5) is 29.8. The first-order valence-corrected chi connectivity index (χ1v) is 11.2. The molecule has 7 nitrogen and oxygen atoms in total. The lowest BCUT2D eigenvalue weighted by Crippen LogP contribution is -2.27. The fraction of sp³-hybridized carbons (Fsp3) is 0.423. The molecule has 6 N–H and O–H groups in total. The first kappa shape index (κ1) is 29.0. The average Bonchev–Trinajstić information content (AvgIpc) is 2.72. The molecule has 0 atom stereocenters. The van der Waals surface area contributed by atoms with Crippen LogP contribution in [0.2, 0.25) is 0 Å². The van der Waals surface area contributed by atoms with Crippen LogP contribution in [0.5, 0.6) is 0 Å². The molecule has 2 aromatic rings. The van der Waals surface area contributed by atoms with Gasteiger partial charge in [-0.2, -0.15) is 0 Å². The van der Waals surface area contributed by atoms with Crippen molar-refractivity contribution >= 4 is 35.9 Å². The number of nitrogens with zero attached hydrogens (tertiary/aromatic N) is 1. The van der Waals surface area contributed by atoms with Crippen LogP contribution in [0.1, 0.15) is 79.8 Å². The fourth-order valence-electron chi connectivity index (χ4n) is 3.19. The molecule has 0 unspecified atom stereocenters. The van der Waals surface area contributed by atoms with Crippen molar-refractivity contribution in [1.82, 2.24) is 5.32 Å². The predicted molar refractivity (Wildman–Crippen MR) is 143 cm³/mol. The highest BCUT2D eigenvalue weighted by Crippen LogP contribution is 2.30. The average molecular weight is 488 g/mol. The van der Waals surface area contributed by atoms with E-state index in [0.29, 0.717) is 36.3 Å². The summed E-state index contributed by atoms with van der Waals surface area (Å²) < 4.78 is 0. The van der Waals surface area contributed by atoms with Gasteiger partial charge in [0.25, 0.3) is 11.8 Å². The molecule has 0 spiro atoms. The Hall–Kier alpha value is -3.06. The summed E-state index contributed by atoms with van der Waals surface area (Å²) in [6.45, 7) is 13.6. The third-order valence-electron chi connectivity index (χ3n) is 5.26. The summed E-state index contributed by atoms with van der Waals surface area (Å²) in [5.74, 6) is -0.492. The van der Waals surface area contributed by atoms with Gasteiger partial charge in [0.15, 0.2) is 5.96 Å². The van der Waals surface area contributed by atoms with Crippen LogP contribution < -0.4 is 22.1 Å². The summed E-state index contributed by atoms with van der Waals surface area (Å²) in [6.07, 6.45) is 0.605. The zero-order valence-corrected chi connectivity index (χ0v) is 21.8. The zero-order chi connectivity index (χ0) is 24.8. The van der Waals surface area contributed by atoms with Crippen molar-refractivity contribution in [2.75, 3.05) is 18.4 Å². The number of para-hydroxylation sites is 1. The largest absolute Gasteiger partial charge is 0.370 e. The van der Waals surface area contributed by atoms with Crippen molar-refractivity contribution in [3.63, 3.8) is 0 Å². The van der Waals surface area contributed by atoms with Gasteiger partial charge in [-0.3, -0.25) is 14.6 Å². The quantitative estimate of drug-likeness (QED) is 0.263. The molecule has 2 aromatic carbocycles. The van der Waals surface area contributed by atoms with Gasteiger partial charge in [0, 0.05) is 18.7 Å². The lowest BCUT2D eigenvalue weighted by molar-refractivity contribution is 0.0954. The Morgan fingerprint density at radius 1 is 0.882 bits per heavy atom. The second kappa shape index (κ2) is 11.9. The molecular formula is C26H38ClN5O2. The van der Waals surface area contributed by atoms with Crippen molar-refractivity contribution < 1.29 is 9.59 Å². The maximum atomic E-state index is 13.2. The molecule has 8 heteroatoms. The lowest BCUT2D eigenvalue weighted by Gasteiger charge is -2.26. The van der Waals surface area contributed by atoms with Gasteiger partial charge in [0.1, 0.15) is 0 Å².